The van der Waals surface area contributed by atoms with E-state index in [0.717, 1.165) is 49.4 Å². The molecule has 0 fully saturated rings. The molecule has 0 radical (unpaired) electrons. The molecule has 2 heterocycles. The minimum Gasteiger partial charge on any atom is -0.475 e. The lowest BCUT2D eigenvalue weighted by atomic mass is 9.85. The van der Waals surface area contributed by atoms with E-state index in [1.54, 1.807) is 0 Å². The van der Waals surface area contributed by atoms with E-state index in [1.165, 1.54) is 7.11 Å². The van der Waals surface area contributed by atoms with E-state index in [0.29, 0.717) is 25.0 Å². The minimum absolute atomic E-state index is 0.0233. The molecule has 0 aromatic heterocycles. The highest BCUT2D eigenvalue weighted by Gasteiger charge is 2.35. The molecule has 228 valence electrons. The number of carbonyl (C=O) groups is 1. The Kier molecular flexibility index (Phi) is 7.51. The fourth-order valence-corrected chi connectivity index (χ4v) is 6.03. The molecular formula is C38H42N2O4. The number of rotatable bonds is 5. The zero-order chi connectivity index (χ0) is 31.4. The zero-order valence-electron chi connectivity index (χ0n) is 27.0. The Morgan fingerprint density at radius 1 is 0.750 bits per heavy atom. The first-order valence-electron chi connectivity index (χ1n) is 15.5. The molecule has 0 N–H and O–H groups in total. The Hall–Kier alpha value is -4.19. The summed E-state index contributed by atoms with van der Waals surface area (Å²) in [6, 6.07) is 23.2. The van der Waals surface area contributed by atoms with Crippen LogP contribution in [0.3, 0.4) is 0 Å². The van der Waals surface area contributed by atoms with Crippen LogP contribution in [0.15, 0.2) is 76.7 Å². The second-order valence-electron chi connectivity index (χ2n) is 14.2. The van der Waals surface area contributed by atoms with E-state index in [4.69, 9.17) is 24.2 Å². The molecule has 0 saturated heterocycles. The molecule has 0 bridgehead atoms. The lowest BCUT2D eigenvalue weighted by Gasteiger charge is -2.22. The molecule has 4 aromatic carbocycles. The maximum absolute atomic E-state index is 12.4. The Morgan fingerprint density at radius 2 is 1.27 bits per heavy atom. The quantitative estimate of drug-likeness (QED) is 0.219. The molecule has 6 heteroatoms. The van der Waals surface area contributed by atoms with Gasteiger partial charge in [0.15, 0.2) is 0 Å². The number of esters is 1. The van der Waals surface area contributed by atoms with Crippen molar-refractivity contribution in [2.75, 3.05) is 20.3 Å². The summed E-state index contributed by atoms with van der Waals surface area (Å²) in [6.07, 6.45) is 0. The van der Waals surface area contributed by atoms with Gasteiger partial charge in [0.1, 0.15) is 13.2 Å². The van der Waals surface area contributed by atoms with Gasteiger partial charge in [-0.05, 0) is 57.0 Å². The molecule has 2 aliphatic heterocycles. The first-order chi connectivity index (χ1) is 20.9. The van der Waals surface area contributed by atoms with Crippen molar-refractivity contribution < 1.29 is 19.0 Å². The largest absolute Gasteiger partial charge is 0.475 e. The van der Waals surface area contributed by atoms with E-state index in [2.05, 4.69) is 102 Å². The first-order valence-corrected chi connectivity index (χ1v) is 15.5. The molecular weight excluding hydrogens is 548 g/mol. The third kappa shape index (κ3) is 5.36. The SMILES string of the molecule is COC(=O)[C@@H](C)c1ccc2c(-c3c(C4=N[C@@H](C(C)(C)C)CO4)ccc4ccccc34)c(C3=N[C@@H](C(C)(C)C)CO3)ccc2c1. The fourth-order valence-electron chi connectivity index (χ4n) is 6.03. The van der Waals surface area contributed by atoms with Gasteiger partial charge in [-0.15, -0.1) is 0 Å². The molecule has 0 spiro atoms. The summed E-state index contributed by atoms with van der Waals surface area (Å²) < 4.78 is 17.8. The number of benzene rings is 4. The molecule has 2 aliphatic rings. The highest BCUT2D eigenvalue weighted by atomic mass is 16.5. The van der Waals surface area contributed by atoms with E-state index in [9.17, 15) is 4.79 Å². The first kappa shape index (κ1) is 29.9. The van der Waals surface area contributed by atoms with Crippen molar-refractivity contribution in [2.24, 2.45) is 20.8 Å². The summed E-state index contributed by atoms with van der Waals surface area (Å²) in [4.78, 5) is 22.7. The normalized spacial score (nSPS) is 19.4. The average Bonchev–Trinajstić information content (AvgIpc) is 3.70. The van der Waals surface area contributed by atoms with Gasteiger partial charge in [0.2, 0.25) is 11.8 Å². The second-order valence-corrected chi connectivity index (χ2v) is 14.2. The summed E-state index contributed by atoms with van der Waals surface area (Å²) in [6.45, 7) is 16.2. The smallest absolute Gasteiger partial charge is 0.312 e. The standard InChI is InChI=1S/C38H42N2O4/c1-22(36(41)42-8)24-14-16-27-25(19-24)15-18-29(35-40-31(21-44-35)38(5,6)7)33(27)32-26-12-10-9-11-23(26)13-17-28(32)34-39-30(20-43-34)37(2,3)4/h9-19,22,30-31H,20-21H2,1-8H3/t22-,30+,31+/m0/s1. The fraction of sp³-hybridized carbons (Fsp3) is 0.395. The molecule has 44 heavy (non-hydrogen) atoms. The van der Waals surface area contributed by atoms with Gasteiger partial charge in [-0.2, -0.15) is 0 Å². The van der Waals surface area contributed by atoms with E-state index in [-0.39, 0.29) is 34.8 Å². The van der Waals surface area contributed by atoms with Crippen LogP contribution in [-0.4, -0.2) is 50.2 Å². The van der Waals surface area contributed by atoms with Gasteiger partial charge in [0.25, 0.3) is 0 Å². The zero-order valence-corrected chi connectivity index (χ0v) is 27.0. The topological polar surface area (TPSA) is 69.5 Å². The number of hydrogen-bond acceptors (Lipinski definition) is 6. The van der Waals surface area contributed by atoms with Crippen LogP contribution in [0.5, 0.6) is 0 Å². The number of ether oxygens (including phenoxy) is 3. The van der Waals surface area contributed by atoms with Gasteiger partial charge in [-0.1, -0.05) is 96.1 Å². The molecule has 6 nitrogen and oxygen atoms in total. The number of aliphatic imine (C=N–C) groups is 2. The predicted octanol–water partition coefficient (Wildman–Crippen LogP) is 8.32. The molecule has 0 aliphatic carbocycles. The molecule has 6 rings (SSSR count). The van der Waals surface area contributed by atoms with Crippen LogP contribution in [0.25, 0.3) is 32.7 Å². The Morgan fingerprint density at radius 3 is 1.80 bits per heavy atom. The third-order valence-corrected chi connectivity index (χ3v) is 9.04. The van der Waals surface area contributed by atoms with E-state index in [1.807, 2.05) is 13.0 Å². The summed E-state index contributed by atoms with van der Waals surface area (Å²) in [5.41, 5.74) is 4.78. The summed E-state index contributed by atoms with van der Waals surface area (Å²) >= 11 is 0. The summed E-state index contributed by atoms with van der Waals surface area (Å²) in [5.74, 6) is 0.663. The van der Waals surface area contributed by atoms with Crippen LogP contribution >= 0.6 is 0 Å². The van der Waals surface area contributed by atoms with Crippen molar-refractivity contribution in [1.82, 2.24) is 0 Å². The highest BCUT2D eigenvalue weighted by Crippen LogP contribution is 2.42. The monoisotopic (exact) mass is 590 g/mol. The van der Waals surface area contributed by atoms with Gasteiger partial charge in [-0.3, -0.25) is 4.79 Å². The molecule has 0 unspecified atom stereocenters. The van der Waals surface area contributed by atoms with E-state index >= 15 is 0 Å². The Balaban J connectivity index is 1.66. The molecule has 3 atom stereocenters. The van der Waals surface area contributed by atoms with Crippen LogP contribution in [0.2, 0.25) is 0 Å². The van der Waals surface area contributed by atoms with Crippen molar-refractivity contribution in [2.45, 2.75) is 66.5 Å². The van der Waals surface area contributed by atoms with Crippen molar-refractivity contribution in [1.29, 1.82) is 0 Å². The number of fused-ring (bicyclic) bond motifs is 2. The molecule has 4 aromatic rings. The lowest BCUT2D eigenvalue weighted by molar-refractivity contribution is -0.141. The van der Waals surface area contributed by atoms with Gasteiger partial charge in [-0.25, -0.2) is 9.98 Å². The highest BCUT2D eigenvalue weighted by molar-refractivity contribution is 6.19. The second kappa shape index (κ2) is 11.1. The maximum atomic E-state index is 12.4. The summed E-state index contributed by atoms with van der Waals surface area (Å²) in [5, 5.41) is 4.28. The van der Waals surface area contributed by atoms with Crippen molar-refractivity contribution in [3.8, 4) is 11.1 Å². The molecule has 0 saturated carbocycles. The summed E-state index contributed by atoms with van der Waals surface area (Å²) in [7, 11) is 1.43. The number of hydrogen-bond donors (Lipinski definition) is 0. The minimum atomic E-state index is -0.383. The van der Waals surface area contributed by atoms with Gasteiger partial charge >= 0.3 is 5.97 Å². The average molecular weight is 591 g/mol. The van der Waals surface area contributed by atoms with E-state index < -0.39 is 0 Å². The molecule has 0 amide bonds. The van der Waals surface area contributed by atoms with Crippen LogP contribution in [0.4, 0.5) is 0 Å². The number of methoxy groups -OCH3 is 1. The van der Waals surface area contributed by atoms with Gasteiger partial charge in [0.05, 0.1) is 25.1 Å². The lowest BCUT2D eigenvalue weighted by Crippen LogP contribution is -2.25. The van der Waals surface area contributed by atoms with Crippen LogP contribution < -0.4 is 0 Å². The Bertz CT molecular complexity index is 1820. The van der Waals surface area contributed by atoms with Gasteiger partial charge in [0, 0.05) is 22.3 Å². The third-order valence-electron chi connectivity index (χ3n) is 9.04. The van der Waals surface area contributed by atoms with Crippen LogP contribution in [0, 0.1) is 10.8 Å². The Labute approximate surface area is 260 Å². The van der Waals surface area contributed by atoms with Crippen LogP contribution in [0.1, 0.15) is 71.1 Å². The van der Waals surface area contributed by atoms with Crippen LogP contribution in [-0.2, 0) is 19.0 Å². The van der Waals surface area contributed by atoms with Gasteiger partial charge < -0.3 is 14.2 Å². The maximum Gasteiger partial charge on any atom is 0.312 e. The predicted molar refractivity (Wildman–Crippen MR) is 179 cm³/mol. The number of carbonyl (C=O) groups excluding carboxylic acids is 1. The van der Waals surface area contributed by atoms with Crippen molar-refractivity contribution in [3.63, 3.8) is 0 Å². The number of nitrogens with zero attached hydrogens (tertiary/aromatic N) is 2. The van der Waals surface area contributed by atoms with Crippen molar-refractivity contribution in [3.05, 3.63) is 83.4 Å². The van der Waals surface area contributed by atoms with Crippen molar-refractivity contribution >= 4 is 39.3 Å².